The molecule has 0 aliphatic carbocycles. The van der Waals surface area contributed by atoms with E-state index in [2.05, 4.69) is 10.2 Å². The average molecular weight is 405 g/mol. The third kappa shape index (κ3) is 5.13. The van der Waals surface area contributed by atoms with Gasteiger partial charge in [0.2, 0.25) is 0 Å². The van der Waals surface area contributed by atoms with Crippen LogP contribution in [0.25, 0.3) is 10.6 Å². The number of rotatable bonds is 3. The molecule has 1 aromatic heterocycles. The number of hydrogen-bond acceptors (Lipinski definition) is 5. The van der Waals surface area contributed by atoms with E-state index in [1.165, 1.54) is 0 Å². The number of phenolic OH excluding ortho intramolecular Hbond substituents is 1. The lowest BCUT2D eigenvalue weighted by molar-refractivity contribution is -0.105. The molecule has 144 valence electrons. The van der Waals surface area contributed by atoms with Crippen molar-refractivity contribution in [3.63, 3.8) is 0 Å². The summed E-state index contributed by atoms with van der Waals surface area (Å²) in [7, 11) is 0. The van der Waals surface area contributed by atoms with Crippen molar-refractivity contribution in [2.24, 2.45) is 0 Å². The van der Waals surface area contributed by atoms with Crippen LogP contribution in [-0.2, 0) is 10.8 Å². The third-order valence-corrected chi connectivity index (χ3v) is 5.91. The first-order chi connectivity index (χ1) is 11.7. The summed E-state index contributed by atoms with van der Waals surface area (Å²) >= 11 is 1.77. The quantitative estimate of drug-likeness (QED) is 0.622. The van der Waals surface area contributed by atoms with Gasteiger partial charge >= 0.3 is 6.18 Å². The smallest absolute Gasteiger partial charge is 0.398 e. The molecular formula is C18H23F3N2OS2. The number of halogens is 3. The van der Waals surface area contributed by atoms with Crippen molar-refractivity contribution in [2.45, 2.75) is 62.9 Å². The standard InChI is InChI=1S/C18H23F3N2OS2/c1-16(2,3)11-7-10(8-12(13(11)24)17(4,5)6)14-22-23-15(26-14)25-9-18(19,20)21/h7-8,24H,9H2,1-6H3. The Morgan fingerprint density at radius 3 is 1.88 bits per heavy atom. The number of benzene rings is 1. The zero-order valence-electron chi connectivity index (χ0n) is 15.7. The second kappa shape index (κ2) is 7.03. The van der Waals surface area contributed by atoms with Crippen molar-refractivity contribution >= 4 is 23.1 Å². The number of aromatic hydroxyl groups is 1. The molecule has 26 heavy (non-hydrogen) atoms. The molecule has 2 rings (SSSR count). The van der Waals surface area contributed by atoms with Gasteiger partial charge in [0.05, 0.1) is 5.75 Å². The van der Waals surface area contributed by atoms with Gasteiger partial charge in [-0.1, -0.05) is 64.6 Å². The Morgan fingerprint density at radius 2 is 1.46 bits per heavy atom. The normalized spacial score (nSPS) is 13.3. The van der Waals surface area contributed by atoms with Crippen molar-refractivity contribution in [1.29, 1.82) is 0 Å². The Balaban J connectivity index is 2.48. The molecule has 0 bridgehead atoms. The van der Waals surface area contributed by atoms with Crippen LogP contribution in [0.3, 0.4) is 0 Å². The van der Waals surface area contributed by atoms with Crippen LogP contribution >= 0.6 is 23.1 Å². The highest BCUT2D eigenvalue weighted by atomic mass is 32.2. The minimum absolute atomic E-state index is 0.255. The van der Waals surface area contributed by atoms with E-state index in [9.17, 15) is 18.3 Å². The number of aromatic nitrogens is 2. The lowest BCUT2D eigenvalue weighted by Crippen LogP contribution is -2.17. The van der Waals surface area contributed by atoms with Gasteiger partial charge < -0.3 is 5.11 Å². The van der Waals surface area contributed by atoms with Gasteiger partial charge in [-0.3, -0.25) is 0 Å². The Kier molecular flexibility index (Phi) is 5.69. The predicted octanol–water partition coefficient (Wildman–Crippen LogP) is 6.16. The van der Waals surface area contributed by atoms with Crippen LogP contribution in [0.1, 0.15) is 52.7 Å². The minimum atomic E-state index is -4.24. The van der Waals surface area contributed by atoms with E-state index in [0.717, 1.165) is 28.0 Å². The first-order valence-electron chi connectivity index (χ1n) is 8.10. The van der Waals surface area contributed by atoms with Gasteiger partial charge in [0.25, 0.3) is 0 Å². The highest BCUT2D eigenvalue weighted by Crippen LogP contribution is 2.43. The maximum atomic E-state index is 12.4. The highest BCUT2D eigenvalue weighted by Gasteiger charge is 2.29. The molecule has 0 aliphatic rings. The molecule has 1 heterocycles. The number of phenols is 1. The molecule has 8 heteroatoms. The molecule has 1 aromatic carbocycles. The van der Waals surface area contributed by atoms with Crippen LogP contribution in [0.15, 0.2) is 16.5 Å². The van der Waals surface area contributed by atoms with Gasteiger partial charge in [-0.15, -0.1) is 10.2 Å². The van der Waals surface area contributed by atoms with E-state index in [4.69, 9.17) is 0 Å². The van der Waals surface area contributed by atoms with Gasteiger partial charge in [-0.2, -0.15) is 13.2 Å². The fourth-order valence-corrected chi connectivity index (χ4v) is 4.03. The summed E-state index contributed by atoms with van der Waals surface area (Å²) in [6, 6.07) is 3.70. The first-order valence-corrected chi connectivity index (χ1v) is 9.90. The molecule has 0 unspecified atom stereocenters. The van der Waals surface area contributed by atoms with E-state index in [0.29, 0.717) is 16.8 Å². The summed E-state index contributed by atoms with van der Waals surface area (Å²) in [5.41, 5.74) is 1.73. The molecule has 0 atom stereocenters. The summed E-state index contributed by atoms with van der Waals surface area (Å²) in [5.74, 6) is -0.734. The van der Waals surface area contributed by atoms with Crippen molar-refractivity contribution in [3.05, 3.63) is 23.3 Å². The molecule has 0 aliphatic heterocycles. The Hall–Kier alpha value is -1.28. The third-order valence-electron chi connectivity index (χ3n) is 3.74. The molecule has 1 N–H and O–H groups in total. The number of thioether (sulfide) groups is 1. The van der Waals surface area contributed by atoms with E-state index < -0.39 is 11.9 Å². The Bertz CT molecular complexity index is 752. The topological polar surface area (TPSA) is 46.0 Å². The lowest BCUT2D eigenvalue weighted by atomic mass is 9.78. The fourth-order valence-electron chi connectivity index (χ4n) is 2.43. The SMILES string of the molecule is CC(C)(C)c1cc(-c2nnc(SCC(F)(F)F)s2)cc(C(C)(C)C)c1O. The van der Waals surface area contributed by atoms with Gasteiger partial charge in [-0.25, -0.2) is 0 Å². The monoisotopic (exact) mass is 404 g/mol. The maximum Gasteiger partial charge on any atom is 0.398 e. The summed E-state index contributed by atoms with van der Waals surface area (Å²) < 4.78 is 37.5. The van der Waals surface area contributed by atoms with Crippen LogP contribution in [-0.4, -0.2) is 27.2 Å². The van der Waals surface area contributed by atoms with Gasteiger partial charge in [-0.05, 0) is 23.0 Å². The molecule has 0 saturated carbocycles. The summed E-state index contributed by atoms with van der Waals surface area (Å²) in [6.45, 7) is 12.0. The van der Waals surface area contributed by atoms with Crippen LogP contribution in [0.2, 0.25) is 0 Å². The largest absolute Gasteiger partial charge is 0.507 e. The minimum Gasteiger partial charge on any atom is -0.507 e. The number of nitrogens with zero attached hydrogens (tertiary/aromatic N) is 2. The molecular weight excluding hydrogens is 381 g/mol. The second-order valence-corrected chi connectivity index (χ2v) is 10.4. The Morgan fingerprint density at radius 1 is 0.962 bits per heavy atom. The molecule has 0 saturated heterocycles. The zero-order valence-corrected chi connectivity index (χ0v) is 17.3. The summed E-state index contributed by atoms with van der Waals surface area (Å²) in [5, 5.41) is 19.2. The van der Waals surface area contributed by atoms with Crippen LogP contribution < -0.4 is 0 Å². The molecule has 3 nitrogen and oxygen atoms in total. The highest BCUT2D eigenvalue weighted by molar-refractivity contribution is 8.01. The van der Waals surface area contributed by atoms with E-state index in [-0.39, 0.29) is 20.9 Å². The summed E-state index contributed by atoms with van der Waals surface area (Å²) in [4.78, 5) is 0. The predicted molar refractivity (Wildman–Crippen MR) is 101 cm³/mol. The van der Waals surface area contributed by atoms with Crippen molar-refractivity contribution in [1.82, 2.24) is 10.2 Å². The van der Waals surface area contributed by atoms with Crippen LogP contribution in [0.4, 0.5) is 13.2 Å². The Labute approximate surface area is 160 Å². The van der Waals surface area contributed by atoms with Gasteiger partial charge in [0.15, 0.2) is 4.34 Å². The molecule has 0 fully saturated rings. The van der Waals surface area contributed by atoms with Crippen molar-refractivity contribution in [2.75, 3.05) is 5.75 Å². The molecule has 0 amide bonds. The van der Waals surface area contributed by atoms with Gasteiger partial charge in [0, 0.05) is 16.7 Å². The molecule has 2 aromatic rings. The van der Waals surface area contributed by atoms with Crippen molar-refractivity contribution in [3.8, 4) is 16.3 Å². The summed E-state index contributed by atoms with van der Waals surface area (Å²) in [6.07, 6.45) is -4.24. The average Bonchev–Trinajstić information content (AvgIpc) is 2.91. The molecule has 0 spiro atoms. The lowest BCUT2D eigenvalue weighted by Gasteiger charge is -2.27. The first kappa shape index (κ1) is 21.0. The number of hydrogen-bond donors (Lipinski definition) is 1. The maximum absolute atomic E-state index is 12.4. The van der Waals surface area contributed by atoms with E-state index >= 15 is 0 Å². The fraction of sp³-hybridized carbons (Fsp3) is 0.556. The number of alkyl halides is 3. The molecule has 0 radical (unpaired) electrons. The second-order valence-electron chi connectivity index (χ2n) is 8.20. The van der Waals surface area contributed by atoms with E-state index in [1.54, 1.807) is 0 Å². The van der Waals surface area contributed by atoms with Crippen LogP contribution in [0, 0.1) is 0 Å². The van der Waals surface area contributed by atoms with Crippen molar-refractivity contribution < 1.29 is 18.3 Å². The van der Waals surface area contributed by atoms with E-state index in [1.807, 2.05) is 53.7 Å². The van der Waals surface area contributed by atoms with Crippen LogP contribution in [0.5, 0.6) is 5.75 Å². The van der Waals surface area contributed by atoms with Gasteiger partial charge in [0.1, 0.15) is 10.8 Å². The zero-order chi connectivity index (χ0) is 19.9.